The lowest BCUT2D eigenvalue weighted by Gasteiger charge is -2.37. The highest BCUT2D eigenvalue weighted by molar-refractivity contribution is 7.89. The molecule has 7 heteroatoms. The van der Waals surface area contributed by atoms with Crippen molar-refractivity contribution in [2.45, 2.75) is 50.1 Å². The molecular formula is C13H18ClFN2O2S. The van der Waals surface area contributed by atoms with Crippen LogP contribution in [0.15, 0.2) is 17.0 Å². The van der Waals surface area contributed by atoms with E-state index in [4.69, 9.17) is 17.3 Å². The quantitative estimate of drug-likeness (QED) is 0.852. The van der Waals surface area contributed by atoms with Crippen LogP contribution in [0.3, 0.4) is 0 Å². The van der Waals surface area contributed by atoms with Crippen molar-refractivity contribution in [1.29, 1.82) is 0 Å². The third-order valence-electron chi connectivity index (χ3n) is 3.70. The minimum Gasteiger partial charge on any atom is -0.396 e. The number of benzene rings is 1. The lowest BCUT2D eigenvalue weighted by atomic mass is 10.0. The first-order chi connectivity index (χ1) is 9.25. The molecule has 0 radical (unpaired) electrons. The van der Waals surface area contributed by atoms with Crippen molar-refractivity contribution in [3.8, 4) is 0 Å². The maximum Gasteiger partial charge on any atom is 0.246 e. The van der Waals surface area contributed by atoms with Gasteiger partial charge in [0, 0.05) is 17.1 Å². The number of nitrogens with two attached hydrogens (primary N) is 1. The minimum absolute atomic E-state index is 0.111. The Hall–Kier alpha value is -0.850. The molecule has 0 bridgehead atoms. The maximum absolute atomic E-state index is 14.1. The van der Waals surface area contributed by atoms with Gasteiger partial charge in [-0.1, -0.05) is 18.0 Å². The van der Waals surface area contributed by atoms with Gasteiger partial charge in [-0.05, 0) is 38.8 Å². The zero-order valence-corrected chi connectivity index (χ0v) is 13.0. The van der Waals surface area contributed by atoms with E-state index in [2.05, 4.69) is 0 Å². The molecule has 112 valence electrons. The minimum atomic E-state index is -3.94. The third-order valence-corrected chi connectivity index (χ3v) is 6.05. The van der Waals surface area contributed by atoms with E-state index in [9.17, 15) is 12.8 Å². The van der Waals surface area contributed by atoms with Gasteiger partial charge in [0.1, 0.15) is 4.90 Å². The molecule has 20 heavy (non-hydrogen) atoms. The molecule has 0 spiro atoms. The van der Waals surface area contributed by atoms with Gasteiger partial charge >= 0.3 is 0 Å². The summed E-state index contributed by atoms with van der Waals surface area (Å²) in [7, 11) is -3.94. The normalized spacial score (nSPS) is 24.8. The van der Waals surface area contributed by atoms with Crippen LogP contribution >= 0.6 is 11.6 Å². The Morgan fingerprint density at radius 1 is 1.30 bits per heavy atom. The molecule has 0 aromatic heterocycles. The van der Waals surface area contributed by atoms with E-state index in [1.807, 2.05) is 13.8 Å². The molecule has 2 atom stereocenters. The van der Waals surface area contributed by atoms with Gasteiger partial charge in [0.05, 0.1) is 5.69 Å². The summed E-state index contributed by atoms with van der Waals surface area (Å²) in [5.41, 5.74) is 5.22. The first-order valence-corrected chi connectivity index (χ1v) is 8.35. The predicted molar refractivity (Wildman–Crippen MR) is 77.6 cm³/mol. The lowest BCUT2D eigenvalue weighted by Crippen LogP contribution is -2.47. The second-order valence-electron chi connectivity index (χ2n) is 5.27. The van der Waals surface area contributed by atoms with Gasteiger partial charge in [-0.15, -0.1) is 0 Å². The first kappa shape index (κ1) is 15.5. The zero-order chi connectivity index (χ0) is 15.1. The Kier molecular flexibility index (Phi) is 4.27. The lowest BCUT2D eigenvalue weighted by molar-refractivity contribution is 0.204. The van der Waals surface area contributed by atoms with Crippen molar-refractivity contribution in [1.82, 2.24) is 4.31 Å². The molecule has 0 aliphatic carbocycles. The molecule has 2 rings (SSSR count). The zero-order valence-electron chi connectivity index (χ0n) is 11.4. The molecule has 1 aliphatic heterocycles. The van der Waals surface area contributed by atoms with Gasteiger partial charge in [0.15, 0.2) is 5.82 Å². The Labute approximate surface area is 123 Å². The van der Waals surface area contributed by atoms with E-state index in [1.54, 1.807) is 0 Å². The molecule has 0 saturated carbocycles. The topological polar surface area (TPSA) is 63.4 Å². The van der Waals surface area contributed by atoms with Gasteiger partial charge in [-0.3, -0.25) is 0 Å². The molecule has 4 nitrogen and oxygen atoms in total. The third kappa shape index (κ3) is 2.64. The molecule has 2 unspecified atom stereocenters. The van der Waals surface area contributed by atoms with Crippen molar-refractivity contribution in [2.75, 3.05) is 5.73 Å². The Morgan fingerprint density at radius 3 is 2.40 bits per heavy atom. The second kappa shape index (κ2) is 5.50. The highest BCUT2D eigenvalue weighted by Gasteiger charge is 2.37. The summed E-state index contributed by atoms with van der Waals surface area (Å²) < 4.78 is 40.9. The summed E-state index contributed by atoms with van der Waals surface area (Å²) in [6, 6.07) is 2.00. The summed E-state index contributed by atoms with van der Waals surface area (Å²) in [5.74, 6) is -0.931. The van der Waals surface area contributed by atoms with Crippen LogP contribution in [0.25, 0.3) is 0 Å². The number of piperidine rings is 1. The van der Waals surface area contributed by atoms with Crippen LogP contribution in [-0.4, -0.2) is 24.8 Å². The van der Waals surface area contributed by atoms with Crippen LogP contribution in [0, 0.1) is 5.82 Å². The number of rotatable bonds is 2. The highest BCUT2D eigenvalue weighted by Crippen LogP contribution is 2.33. The summed E-state index contributed by atoms with van der Waals surface area (Å²) in [4.78, 5) is -0.442. The smallest absolute Gasteiger partial charge is 0.246 e. The number of nitrogen functional groups attached to an aromatic ring is 1. The van der Waals surface area contributed by atoms with Gasteiger partial charge in [-0.25, -0.2) is 12.8 Å². The fraction of sp³-hybridized carbons (Fsp3) is 0.538. The average Bonchev–Trinajstić information content (AvgIpc) is 2.33. The highest BCUT2D eigenvalue weighted by atomic mass is 35.5. The van der Waals surface area contributed by atoms with E-state index in [-0.39, 0.29) is 22.8 Å². The van der Waals surface area contributed by atoms with Crippen molar-refractivity contribution in [3.05, 3.63) is 23.0 Å². The number of anilines is 1. The van der Waals surface area contributed by atoms with Crippen LogP contribution in [0.4, 0.5) is 10.1 Å². The van der Waals surface area contributed by atoms with Gasteiger partial charge < -0.3 is 5.73 Å². The molecule has 1 aromatic rings. The Bertz CT molecular complexity index is 611. The molecule has 1 heterocycles. The number of halogens is 2. The van der Waals surface area contributed by atoms with Crippen LogP contribution in [-0.2, 0) is 10.0 Å². The van der Waals surface area contributed by atoms with Crippen LogP contribution in [0.1, 0.15) is 33.1 Å². The van der Waals surface area contributed by atoms with E-state index in [0.29, 0.717) is 0 Å². The number of sulfonamides is 1. The second-order valence-corrected chi connectivity index (χ2v) is 7.52. The molecule has 1 saturated heterocycles. The molecular weight excluding hydrogens is 303 g/mol. The molecule has 1 fully saturated rings. The van der Waals surface area contributed by atoms with Gasteiger partial charge in [-0.2, -0.15) is 4.31 Å². The fourth-order valence-corrected chi connectivity index (χ4v) is 5.05. The number of nitrogens with zero attached hydrogens (tertiary/aromatic N) is 1. The van der Waals surface area contributed by atoms with E-state index in [1.165, 1.54) is 10.4 Å². The van der Waals surface area contributed by atoms with Crippen molar-refractivity contribution < 1.29 is 12.8 Å². The monoisotopic (exact) mass is 320 g/mol. The van der Waals surface area contributed by atoms with Gasteiger partial charge in [0.2, 0.25) is 10.0 Å². The molecule has 1 aromatic carbocycles. The summed E-state index contributed by atoms with van der Waals surface area (Å²) in [6.45, 7) is 3.66. The maximum atomic E-state index is 14.1. The van der Waals surface area contributed by atoms with Crippen LogP contribution in [0.5, 0.6) is 0 Å². The van der Waals surface area contributed by atoms with Crippen molar-refractivity contribution >= 4 is 27.3 Å². The van der Waals surface area contributed by atoms with E-state index >= 15 is 0 Å². The Morgan fingerprint density at radius 2 is 1.85 bits per heavy atom. The summed E-state index contributed by atoms with van der Waals surface area (Å²) >= 11 is 5.81. The summed E-state index contributed by atoms with van der Waals surface area (Å²) in [6.07, 6.45) is 2.50. The van der Waals surface area contributed by atoms with Crippen LogP contribution < -0.4 is 5.73 Å². The van der Waals surface area contributed by atoms with Crippen LogP contribution in [0.2, 0.25) is 5.02 Å². The predicted octanol–water partition coefficient (Wildman–Crippen LogP) is 3.01. The van der Waals surface area contributed by atoms with Crippen molar-refractivity contribution in [3.63, 3.8) is 0 Å². The van der Waals surface area contributed by atoms with Gasteiger partial charge in [0.25, 0.3) is 0 Å². The Balaban J connectivity index is 2.55. The van der Waals surface area contributed by atoms with Crippen molar-refractivity contribution in [2.24, 2.45) is 0 Å². The van der Waals surface area contributed by atoms with E-state index < -0.39 is 20.7 Å². The largest absolute Gasteiger partial charge is 0.396 e. The standard InChI is InChI=1S/C13H18ClFN2O2S/c1-8-4-3-5-9(2)17(8)20(18,19)12-7-10(14)6-11(16)13(12)15/h6-9H,3-5,16H2,1-2H3. The average molecular weight is 321 g/mol. The molecule has 1 aliphatic rings. The number of hydrogen-bond donors (Lipinski definition) is 1. The van der Waals surface area contributed by atoms with E-state index in [0.717, 1.165) is 25.3 Å². The molecule has 2 N–H and O–H groups in total. The number of hydrogen-bond acceptors (Lipinski definition) is 3. The fourth-order valence-electron chi connectivity index (χ4n) is 2.76. The molecule has 0 amide bonds. The summed E-state index contributed by atoms with van der Waals surface area (Å²) in [5, 5.41) is 0.111. The first-order valence-electron chi connectivity index (χ1n) is 6.53. The SMILES string of the molecule is CC1CCCC(C)N1S(=O)(=O)c1cc(Cl)cc(N)c1F.